The molecule has 0 aliphatic carbocycles. The molecule has 0 spiro atoms. The van der Waals surface area contributed by atoms with Crippen molar-refractivity contribution in [2.45, 2.75) is 43.8 Å². The molecule has 3 heterocycles. The van der Waals surface area contributed by atoms with Gasteiger partial charge in [-0.15, -0.1) is 11.3 Å². The molecule has 1 amide bonds. The highest BCUT2D eigenvalue weighted by molar-refractivity contribution is 8.00. The van der Waals surface area contributed by atoms with Crippen LogP contribution in [0.5, 0.6) is 0 Å². The van der Waals surface area contributed by atoms with E-state index in [1.54, 1.807) is 23.1 Å². The van der Waals surface area contributed by atoms with Crippen molar-refractivity contribution in [3.63, 3.8) is 0 Å². The largest absolute Gasteiger partial charge is 0.445 e. The van der Waals surface area contributed by atoms with Gasteiger partial charge in [-0.3, -0.25) is 5.32 Å². The lowest BCUT2D eigenvalue weighted by Gasteiger charge is -2.29. The van der Waals surface area contributed by atoms with Gasteiger partial charge in [-0.1, -0.05) is 37.4 Å². The van der Waals surface area contributed by atoms with Gasteiger partial charge in [-0.25, -0.2) is 14.8 Å². The molecule has 202 valence electrons. The Morgan fingerprint density at radius 3 is 2.76 bits per heavy atom. The number of anilines is 3. The van der Waals surface area contributed by atoms with Crippen LogP contribution in [0, 0.1) is 13.8 Å². The van der Waals surface area contributed by atoms with Crippen molar-refractivity contribution in [3.05, 3.63) is 70.4 Å². The topological polar surface area (TPSA) is 88.6 Å². The van der Waals surface area contributed by atoms with Crippen LogP contribution in [0.3, 0.4) is 0 Å². The van der Waals surface area contributed by atoms with E-state index in [0.717, 1.165) is 76.8 Å². The standard InChI is InChI=1S/C28H35N5O3S2/c1-5-9-36-27(34)32-22-13-19(3)12-21(14-22)17-29-26-16-24(33-7-10-35-11-8-33)15-23(31-26)18-37-28-30-20(4)25(6-2)38-28/h5,12-16H,1,6-11,17-18H2,2-4H3,(H,29,31)(H,32,34). The molecule has 8 nitrogen and oxygen atoms in total. The number of nitrogens with zero attached hydrogens (tertiary/aromatic N) is 3. The van der Waals surface area contributed by atoms with E-state index in [2.05, 4.69) is 54.2 Å². The molecule has 1 aliphatic rings. The molecule has 0 saturated carbocycles. The lowest BCUT2D eigenvalue weighted by atomic mass is 10.1. The summed E-state index contributed by atoms with van der Waals surface area (Å²) in [5, 5.41) is 6.28. The number of thioether (sulfide) groups is 1. The number of benzene rings is 1. The molecule has 10 heteroatoms. The second-order valence-corrected chi connectivity index (χ2v) is 11.3. The number of nitrogens with one attached hydrogen (secondary N) is 2. The minimum atomic E-state index is -0.502. The van der Waals surface area contributed by atoms with E-state index in [9.17, 15) is 4.79 Å². The molecule has 1 saturated heterocycles. The first-order chi connectivity index (χ1) is 18.4. The van der Waals surface area contributed by atoms with Crippen molar-refractivity contribution in [2.75, 3.05) is 48.4 Å². The maximum absolute atomic E-state index is 12.0. The van der Waals surface area contributed by atoms with Crippen LogP contribution >= 0.6 is 23.1 Å². The zero-order valence-electron chi connectivity index (χ0n) is 22.2. The van der Waals surface area contributed by atoms with E-state index in [4.69, 9.17) is 19.4 Å². The minimum Gasteiger partial charge on any atom is -0.445 e. The van der Waals surface area contributed by atoms with E-state index in [1.165, 1.54) is 11.0 Å². The highest BCUT2D eigenvalue weighted by atomic mass is 32.2. The molecule has 0 bridgehead atoms. The number of carbonyl (C=O) groups is 1. The molecule has 0 radical (unpaired) electrons. The van der Waals surface area contributed by atoms with Crippen LogP contribution in [0.4, 0.5) is 22.0 Å². The normalized spacial score (nSPS) is 13.3. The van der Waals surface area contributed by atoms with Crippen LogP contribution in [0.25, 0.3) is 0 Å². The van der Waals surface area contributed by atoms with Crippen LogP contribution in [0.1, 0.15) is 34.3 Å². The SMILES string of the molecule is C=CCOC(=O)Nc1cc(C)cc(CNc2cc(N3CCOCC3)cc(CSc3nc(C)c(CC)s3)n2)c1. The van der Waals surface area contributed by atoms with Crippen LogP contribution < -0.4 is 15.5 Å². The number of ether oxygens (including phenoxy) is 2. The summed E-state index contributed by atoms with van der Waals surface area (Å²) >= 11 is 3.50. The molecule has 2 N–H and O–H groups in total. The average Bonchev–Trinajstić information content (AvgIpc) is 3.29. The number of aryl methyl sites for hydroxylation is 3. The summed E-state index contributed by atoms with van der Waals surface area (Å²) in [5.74, 6) is 1.56. The van der Waals surface area contributed by atoms with Crippen molar-refractivity contribution < 1.29 is 14.3 Å². The number of hydrogen-bond donors (Lipinski definition) is 2. The first-order valence-corrected chi connectivity index (χ1v) is 14.6. The van der Waals surface area contributed by atoms with Crippen molar-refractivity contribution in [2.24, 2.45) is 0 Å². The second kappa shape index (κ2) is 13.6. The van der Waals surface area contributed by atoms with E-state index < -0.39 is 6.09 Å². The molecule has 2 aromatic heterocycles. The number of pyridine rings is 1. The van der Waals surface area contributed by atoms with Crippen LogP contribution in [-0.2, 0) is 28.2 Å². The van der Waals surface area contributed by atoms with Crippen LogP contribution in [0.2, 0.25) is 0 Å². The Bertz CT molecular complexity index is 1260. The molecular weight excluding hydrogens is 518 g/mol. The van der Waals surface area contributed by atoms with Gasteiger partial charge < -0.3 is 19.7 Å². The predicted octanol–water partition coefficient (Wildman–Crippen LogP) is 6.19. The van der Waals surface area contributed by atoms with Gasteiger partial charge in [-0.2, -0.15) is 0 Å². The van der Waals surface area contributed by atoms with Gasteiger partial charge in [0.2, 0.25) is 0 Å². The lowest BCUT2D eigenvalue weighted by Crippen LogP contribution is -2.36. The molecular formula is C28H35N5O3S2. The minimum absolute atomic E-state index is 0.166. The van der Waals surface area contributed by atoms with E-state index in [1.807, 2.05) is 19.1 Å². The molecule has 0 unspecified atom stereocenters. The Hall–Kier alpha value is -3.08. The number of aromatic nitrogens is 2. The Kier molecular flexibility index (Phi) is 10.0. The zero-order valence-corrected chi connectivity index (χ0v) is 23.8. The van der Waals surface area contributed by atoms with Gasteiger partial charge in [0.15, 0.2) is 4.34 Å². The Labute approximate surface area is 232 Å². The fourth-order valence-electron chi connectivity index (χ4n) is 4.18. The quantitative estimate of drug-likeness (QED) is 0.215. The molecule has 4 rings (SSSR count). The fraction of sp³-hybridized carbons (Fsp3) is 0.393. The van der Waals surface area contributed by atoms with Crippen molar-refractivity contribution in [1.82, 2.24) is 9.97 Å². The van der Waals surface area contributed by atoms with Gasteiger partial charge in [0.1, 0.15) is 12.4 Å². The number of rotatable bonds is 11. The van der Waals surface area contributed by atoms with Crippen LogP contribution in [-0.4, -0.2) is 49.0 Å². The third kappa shape index (κ3) is 7.96. The van der Waals surface area contributed by atoms with Gasteiger partial charge >= 0.3 is 6.09 Å². The molecule has 1 aliphatic heterocycles. The highest BCUT2D eigenvalue weighted by Crippen LogP contribution is 2.31. The maximum atomic E-state index is 12.0. The molecule has 0 atom stereocenters. The first kappa shape index (κ1) is 27.9. The van der Waals surface area contributed by atoms with Gasteiger partial charge in [0, 0.05) is 47.7 Å². The van der Waals surface area contributed by atoms with Crippen molar-refractivity contribution in [1.29, 1.82) is 0 Å². The van der Waals surface area contributed by atoms with Crippen molar-refractivity contribution >= 4 is 46.4 Å². The van der Waals surface area contributed by atoms with Crippen LogP contribution in [0.15, 0.2) is 47.3 Å². The number of amides is 1. The van der Waals surface area contributed by atoms with Gasteiger partial charge in [0.05, 0.1) is 24.6 Å². The van der Waals surface area contributed by atoms with Gasteiger partial charge in [-0.05, 0) is 49.6 Å². The summed E-state index contributed by atoms with van der Waals surface area (Å²) in [6.07, 6.45) is 2.05. The summed E-state index contributed by atoms with van der Waals surface area (Å²) in [6.45, 7) is 13.7. The second-order valence-electron chi connectivity index (χ2n) is 9.00. The Morgan fingerprint density at radius 1 is 1.21 bits per heavy atom. The summed E-state index contributed by atoms with van der Waals surface area (Å²) < 4.78 is 11.7. The number of carbonyl (C=O) groups excluding carboxylic acids is 1. The first-order valence-electron chi connectivity index (χ1n) is 12.8. The van der Waals surface area contributed by atoms with Gasteiger partial charge in [0.25, 0.3) is 0 Å². The smallest absolute Gasteiger partial charge is 0.411 e. The Morgan fingerprint density at radius 2 is 2.03 bits per heavy atom. The zero-order chi connectivity index (χ0) is 26.9. The maximum Gasteiger partial charge on any atom is 0.411 e. The molecule has 1 aromatic carbocycles. The fourth-order valence-corrected chi connectivity index (χ4v) is 6.25. The van der Waals surface area contributed by atoms with E-state index in [0.29, 0.717) is 12.2 Å². The summed E-state index contributed by atoms with van der Waals surface area (Å²) in [6, 6.07) is 10.2. The monoisotopic (exact) mass is 553 g/mol. The number of hydrogen-bond acceptors (Lipinski definition) is 9. The summed E-state index contributed by atoms with van der Waals surface area (Å²) in [4.78, 5) is 25.3. The third-order valence-electron chi connectivity index (χ3n) is 5.97. The predicted molar refractivity (Wildman–Crippen MR) is 157 cm³/mol. The molecule has 1 fully saturated rings. The molecule has 3 aromatic rings. The Balaban J connectivity index is 1.49. The van der Waals surface area contributed by atoms with E-state index in [-0.39, 0.29) is 6.61 Å². The third-order valence-corrected chi connectivity index (χ3v) is 8.44. The average molecular weight is 554 g/mol. The van der Waals surface area contributed by atoms with Crippen molar-refractivity contribution in [3.8, 4) is 0 Å². The highest BCUT2D eigenvalue weighted by Gasteiger charge is 2.15. The number of thiazole rings is 1. The molecule has 38 heavy (non-hydrogen) atoms. The lowest BCUT2D eigenvalue weighted by molar-refractivity contribution is 0.122. The van der Waals surface area contributed by atoms with E-state index >= 15 is 0 Å². The summed E-state index contributed by atoms with van der Waals surface area (Å²) in [7, 11) is 0. The number of morpholine rings is 1. The summed E-state index contributed by atoms with van der Waals surface area (Å²) in [5.41, 5.74) is 6.03.